The summed E-state index contributed by atoms with van der Waals surface area (Å²) >= 11 is 6.03. The molecule has 0 aromatic carbocycles. The highest BCUT2D eigenvalue weighted by atomic mass is 35.5. The zero-order chi connectivity index (χ0) is 12.6. The van der Waals surface area contributed by atoms with Crippen LogP contribution >= 0.6 is 11.6 Å². The van der Waals surface area contributed by atoms with Gasteiger partial charge in [0.25, 0.3) is 0 Å². The number of hydrogen-bond donors (Lipinski definition) is 2. The van der Waals surface area contributed by atoms with E-state index in [9.17, 15) is 4.79 Å². The van der Waals surface area contributed by atoms with Crippen LogP contribution in [0, 0.1) is 13.8 Å². The van der Waals surface area contributed by atoms with E-state index in [4.69, 9.17) is 16.7 Å². The SMILES string of the molecule is Cc1nn(CC(NC2CC2)C(=O)O)c(C)c1Cl. The van der Waals surface area contributed by atoms with Crippen LogP contribution in [0.2, 0.25) is 5.02 Å². The Morgan fingerprint density at radius 3 is 2.71 bits per heavy atom. The normalized spacial score (nSPS) is 17.1. The van der Waals surface area contributed by atoms with Gasteiger partial charge in [-0.05, 0) is 26.7 Å². The maximum Gasteiger partial charge on any atom is 0.322 e. The first-order valence-electron chi connectivity index (χ1n) is 5.67. The maximum absolute atomic E-state index is 11.1. The van der Waals surface area contributed by atoms with Crippen LogP contribution in [0.5, 0.6) is 0 Å². The number of nitrogens with zero attached hydrogens (tertiary/aromatic N) is 2. The Morgan fingerprint density at radius 2 is 2.29 bits per heavy atom. The van der Waals surface area contributed by atoms with Crippen LogP contribution in [0.25, 0.3) is 0 Å². The van der Waals surface area contributed by atoms with E-state index in [1.807, 2.05) is 13.8 Å². The predicted octanol–water partition coefficient (Wildman–Crippen LogP) is 1.36. The molecule has 1 fully saturated rings. The Labute approximate surface area is 105 Å². The lowest BCUT2D eigenvalue weighted by molar-refractivity contribution is -0.140. The summed E-state index contributed by atoms with van der Waals surface area (Å²) in [5.41, 5.74) is 1.55. The largest absolute Gasteiger partial charge is 0.480 e. The average molecular weight is 258 g/mol. The number of aryl methyl sites for hydroxylation is 1. The van der Waals surface area contributed by atoms with Crippen LogP contribution < -0.4 is 5.32 Å². The highest BCUT2D eigenvalue weighted by Gasteiger charge is 2.29. The van der Waals surface area contributed by atoms with Crippen LogP contribution in [0.1, 0.15) is 24.2 Å². The molecule has 5 nitrogen and oxygen atoms in total. The standard InChI is InChI=1S/C11H16ClN3O2/c1-6-10(12)7(2)15(14-6)5-9(11(16)17)13-8-3-4-8/h8-9,13H,3-5H2,1-2H3,(H,16,17). The van der Waals surface area contributed by atoms with Gasteiger partial charge in [-0.25, -0.2) is 0 Å². The van der Waals surface area contributed by atoms with Crippen molar-refractivity contribution in [2.45, 2.75) is 45.3 Å². The minimum Gasteiger partial charge on any atom is -0.480 e. The number of hydrogen-bond acceptors (Lipinski definition) is 3. The molecular formula is C11H16ClN3O2. The number of rotatable bonds is 5. The van der Waals surface area contributed by atoms with E-state index >= 15 is 0 Å². The van der Waals surface area contributed by atoms with Crippen LogP contribution in [-0.4, -0.2) is 32.9 Å². The molecule has 1 saturated carbocycles. The molecule has 2 rings (SSSR count). The molecule has 17 heavy (non-hydrogen) atoms. The molecule has 6 heteroatoms. The molecule has 1 atom stereocenters. The van der Waals surface area contributed by atoms with Crippen molar-refractivity contribution >= 4 is 17.6 Å². The minimum absolute atomic E-state index is 0.311. The molecule has 0 spiro atoms. The molecule has 1 aliphatic carbocycles. The summed E-state index contributed by atoms with van der Waals surface area (Å²) in [5.74, 6) is -0.847. The number of carboxylic acid groups (broad SMARTS) is 1. The first kappa shape index (κ1) is 12.4. The number of aliphatic carboxylic acids is 1. The Balaban J connectivity index is 2.10. The molecule has 0 amide bonds. The number of carboxylic acids is 1. The van der Waals surface area contributed by atoms with Crippen LogP contribution in [0.3, 0.4) is 0 Å². The second-order valence-corrected chi connectivity index (χ2v) is 4.88. The molecule has 1 aliphatic rings. The Bertz CT molecular complexity index is 440. The fourth-order valence-corrected chi connectivity index (χ4v) is 1.90. The molecule has 2 N–H and O–H groups in total. The van der Waals surface area contributed by atoms with Gasteiger partial charge in [0.05, 0.1) is 23.0 Å². The lowest BCUT2D eigenvalue weighted by Crippen LogP contribution is -2.41. The summed E-state index contributed by atoms with van der Waals surface area (Å²) in [7, 11) is 0. The second kappa shape index (κ2) is 4.66. The van der Waals surface area contributed by atoms with E-state index in [1.165, 1.54) is 0 Å². The van der Waals surface area contributed by atoms with Crippen LogP contribution in [0.15, 0.2) is 0 Å². The summed E-state index contributed by atoms with van der Waals surface area (Å²) in [4.78, 5) is 11.1. The third kappa shape index (κ3) is 2.79. The minimum atomic E-state index is -0.847. The monoisotopic (exact) mass is 257 g/mol. The molecule has 94 valence electrons. The van der Waals surface area contributed by atoms with Gasteiger partial charge < -0.3 is 10.4 Å². The quantitative estimate of drug-likeness (QED) is 0.836. The van der Waals surface area contributed by atoms with Gasteiger partial charge >= 0.3 is 5.97 Å². The lowest BCUT2D eigenvalue weighted by Gasteiger charge is -2.14. The fraction of sp³-hybridized carbons (Fsp3) is 0.636. The van der Waals surface area contributed by atoms with Crippen LogP contribution in [-0.2, 0) is 11.3 Å². The van der Waals surface area contributed by atoms with Gasteiger partial charge in [0, 0.05) is 6.04 Å². The van der Waals surface area contributed by atoms with Crippen molar-refractivity contribution in [1.29, 1.82) is 0 Å². The smallest absolute Gasteiger partial charge is 0.322 e. The van der Waals surface area contributed by atoms with E-state index in [2.05, 4.69) is 10.4 Å². The first-order valence-corrected chi connectivity index (χ1v) is 6.05. The van der Waals surface area contributed by atoms with E-state index in [0.29, 0.717) is 17.6 Å². The van der Waals surface area contributed by atoms with E-state index in [0.717, 1.165) is 24.2 Å². The summed E-state index contributed by atoms with van der Waals surface area (Å²) in [5, 5.41) is 17.1. The summed E-state index contributed by atoms with van der Waals surface area (Å²) < 4.78 is 1.66. The Morgan fingerprint density at radius 1 is 1.65 bits per heavy atom. The number of carbonyl (C=O) groups is 1. The summed E-state index contributed by atoms with van der Waals surface area (Å²) in [6.07, 6.45) is 2.11. The number of aromatic nitrogens is 2. The van der Waals surface area contributed by atoms with Crippen molar-refractivity contribution in [1.82, 2.24) is 15.1 Å². The molecule has 1 aromatic rings. The van der Waals surface area contributed by atoms with Crippen molar-refractivity contribution < 1.29 is 9.90 Å². The molecule has 0 saturated heterocycles. The van der Waals surface area contributed by atoms with Gasteiger partial charge in [-0.3, -0.25) is 9.48 Å². The van der Waals surface area contributed by atoms with Crippen molar-refractivity contribution in [3.63, 3.8) is 0 Å². The van der Waals surface area contributed by atoms with Crippen molar-refractivity contribution in [3.8, 4) is 0 Å². The third-order valence-corrected chi connectivity index (χ3v) is 3.51. The topological polar surface area (TPSA) is 67.2 Å². The van der Waals surface area contributed by atoms with Gasteiger partial charge in [-0.1, -0.05) is 11.6 Å². The summed E-state index contributed by atoms with van der Waals surface area (Å²) in [6.45, 7) is 3.97. The predicted molar refractivity (Wildman–Crippen MR) is 64.3 cm³/mol. The second-order valence-electron chi connectivity index (χ2n) is 4.50. The summed E-state index contributed by atoms with van der Waals surface area (Å²) in [6, 6.07) is -0.250. The number of halogens is 1. The van der Waals surface area contributed by atoms with Gasteiger partial charge in [0.15, 0.2) is 0 Å². The van der Waals surface area contributed by atoms with Crippen molar-refractivity contribution in [3.05, 3.63) is 16.4 Å². The van der Waals surface area contributed by atoms with Gasteiger partial charge in [0.2, 0.25) is 0 Å². The zero-order valence-electron chi connectivity index (χ0n) is 9.90. The highest BCUT2D eigenvalue weighted by molar-refractivity contribution is 6.31. The Kier molecular flexibility index (Phi) is 3.40. The molecule has 1 unspecified atom stereocenters. The lowest BCUT2D eigenvalue weighted by atomic mass is 10.3. The highest BCUT2D eigenvalue weighted by Crippen LogP contribution is 2.21. The zero-order valence-corrected chi connectivity index (χ0v) is 10.7. The number of nitrogens with one attached hydrogen (secondary N) is 1. The average Bonchev–Trinajstić information content (AvgIpc) is 3.04. The molecular weight excluding hydrogens is 242 g/mol. The van der Waals surface area contributed by atoms with E-state index in [-0.39, 0.29) is 0 Å². The molecule has 0 bridgehead atoms. The molecule has 1 aromatic heterocycles. The van der Waals surface area contributed by atoms with Crippen molar-refractivity contribution in [2.24, 2.45) is 0 Å². The van der Waals surface area contributed by atoms with Gasteiger partial charge in [-0.2, -0.15) is 5.10 Å². The Hall–Kier alpha value is -1.07. The fourth-order valence-electron chi connectivity index (χ4n) is 1.76. The third-order valence-electron chi connectivity index (χ3n) is 2.96. The molecule has 1 heterocycles. The van der Waals surface area contributed by atoms with E-state index < -0.39 is 12.0 Å². The molecule has 0 radical (unpaired) electrons. The van der Waals surface area contributed by atoms with Gasteiger partial charge in [0.1, 0.15) is 6.04 Å². The first-order chi connectivity index (χ1) is 7.99. The van der Waals surface area contributed by atoms with E-state index in [1.54, 1.807) is 4.68 Å². The molecule has 0 aliphatic heterocycles. The van der Waals surface area contributed by atoms with Gasteiger partial charge in [-0.15, -0.1) is 0 Å². The maximum atomic E-state index is 11.1. The van der Waals surface area contributed by atoms with Crippen LogP contribution in [0.4, 0.5) is 0 Å². The van der Waals surface area contributed by atoms with Crippen molar-refractivity contribution in [2.75, 3.05) is 0 Å².